The van der Waals surface area contributed by atoms with E-state index in [1.54, 1.807) is 30.3 Å². The van der Waals surface area contributed by atoms with Crippen LogP contribution in [0.25, 0.3) is 12.2 Å². The summed E-state index contributed by atoms with van der Waals surface area (Å²) in [7, 11) is 1.22. The quantitative estimate of drug-likeness (QED) is 0.390. The van der Waals surface area contributed by atoms with Crippen molar-refractivity contribution in [2.45, 2.75) is 13.0 Å². The van der Waals surface area contributed by atoms with Gasteiger partial charge in [-0.3, -0.25) is 28.9 Å². The molecule has 0 atom stereocenters. The monoisotopic (exact) mass is 474 g/mol. The van der Waals surface area contributed by atoms with Crippen molar-refractivity contribution in [3.8, 4) is 5.75 Å². The molecule has 2 aromatic rings. The summed E-state index contributed by atoms with van der Waals surface area (Å²) in [5.41, 5.74) is -1.74. The predicted molar refractivity (Wildman–Crippen MR) is 123 cm³/mol. The lowest BCUT2D eigenvalue weighted by atomic mass is 10.1. The standard InChI is InChI=1S/C22H26N4O8/c1-23-21(29)20(26(31)32)18(8-5-16-3-6-17(7-4-16)34-15-19(27)28)25(22(23)30)10-2-9-24-11-13-33-14-12-24/h3-8H,2,9-15H2,1H3,(H,27,28). The number of benzene rings is 1. The molecular formula is C22H26N4O8. The van der Waals surface area contributed by atoms with Gasteiger partial charge in [-0.25, -0.2) is 9.59 Å². The van der Waals surface area contributed by atoms with Crippen LogP contribution in [0, 0.1) is 10.1 Å². The van der Waals surface area contributed by atoms with Crippen molar-refractivity contribution in [2.75, 3.05) is 39.5 Å². The molecule has 0 amide bonds. The molecule has 1 aliphatic heterocycles. The Labute approximate surface area is 194 Å². The van der Waals surface area contributed by atoms with Gasteiger partial charge >= 0.3 is 22.9 Å². The Bertz CT molecular complexity index is 1180. The number of ether oxygens (including phenoxy) is 2. The average molecular weight is 474 g/mol. The van der Waals surface area contributed by atoms with Gasteiger partial charge in [0, 0.05) is 33.2 Å². The van der Waals surface area contributed by atoms with E-state index in [-0.39, 0.29) is 12.2 Å². The van der Waals surface area contributed by atoms with Crippen molar-refractivity contribution in [3.63, 3.8) is 0 Å². The van der Waals surface area contributed by atoms with Gasteiger partial charge in [0.05, 0.1) is 18.1 Å². The zero-order valence-corrected chi connectivity index (χ0v) is 18.7. The van der Waals surface area contributed by atoms with Gasteiger partial charge in [0.15, 0.2) is 6.61 Å². The second kappa shape index (κ2) is 11.4. The first kappa shape index (κ1) is 24.9. The van der Waals surface area contributed by atoms with Crippen LogP contribution in [-0.2, 0) is 23.1 Å². The Morgan fingerprint density at radius 1 is 1.18 bits per heavy atom. The van der Waals surface area contributed by atoms with E-state index in [4.69, 9.17) is 14.6 Å². The molecule has 0 spiro atoms. The minimum Gasteiger partial charge on any atom is -0.482 e. The van der Waals surface area contributed by atoms with Crippen LogP contribution < -0.4 is 16.0 Å². The number of nitrogens with zero attached hydrogens (tertiary/aromatic N) is 4. The normalized spacial score (nSPS) is 14.4. The maximum atomic E-state index is 12.8. The van der Waals surface area contributed by atoms with Crippen molar-refractivity contribution < 1.29 is 24.3 Å². The number of aliphatic carboxylic acids is 1. The summed E-state index contributed by atoms with van der Waals surface area (Å²) in [6.45, 7) is 3.24. The van der Waals surface area contributed by atoms with Crippen molar-refractivity contribution in [2.24, 2.45) is 7.05 Å². The van der Waals surface area contributed by atoms with Gasteiger partial charge in [0.25, 0.3) is 0 Å². The molecule has 0 aliphatic carbocycles. The molecule has 2 heterocycles. The fraction of sp³-hybridized carbons (Fsp3) is 0.409. The van der Waals surface area contributed by atoms with Crippen LogP contribution in [-0.4, -0.2) is 69.5 Å². The number of carbonyl (C=O) groups is 1. The largest absolute Gasteiger partial charge is 0.482 e. The third-order valence-electron chi connectivity index (χ3n) is 5.38. The minimum absolute atomic E-state index is 0.0775. The van der Waals surface area contributed by atoms with Crippen LogP contribution in [0.3, 0.4) is 0 Å². The Hall–Kier alpha value is -3.77. The molecule has 3 rings (SSSR count). The van der Waals surface area contributed by atoms with Crippen molar-refractivity contribution in [3.05, 3.63) is 66.5 Å². The van der Waals surface area contributed by atoms with E-state index in [9.17, 15) is 24.5 Å². The Balaban J connectivity index is 1.89. The number of nitro groups is 1. The van der Waals surface area contributed by atoms with E-state index in [0.717, 1.165) is 17.7 Å². The average Bonchev–Trinajstić information content (AvgIpc) is 2.82. The fourth-order valence-corrected chi connectivity index (χ4v) is 3.60. The van der Waals surface area contributed by atoms with Gasteiger partial charge in [-0.05, 0) is 30.2 Å². The van der Waals surface area contributed by atoms with E-state index in [2.05, 4.69) is 4.90 Å². The molecule has 1 N–H and O–H groups in total. The van der Waals surface area contributed by atoms with Gasteiger partial charge in [0.2, 0.25) is 0 Å². The third-order valence-corrected chi connectivity index (χ3v) is 5.38. The van der Waals surface area contributed by atoms with Crippen LogP contribution in [0.1, 0.15) is 17.7 Å². The summed E-state index contributed by atoms with van der Waals surface area (Å²) in [6.07, 6.45) is 3.48. The number of carboxylic acids is 1. The molecule has 1 aliphatic rings. The van der Waals surface area contributed by atoms with Crippen LogP contribution in [0.4, 0.5) is 5.69 Å². The van der Waals surface area contributed by atoms with E-state index in [1.165, 1.54) is 17.7 Å². The van der Waals surface area contributed by atoms with Crippen LogP contribution in [0.5, 0.6) is 5.75 Å². The van der Waals surface area contributed by atoms with E-state index >= 15 is 0 Å². The third kappa shape index (κ3) is 6.17. The number of morpholine rings is 1. The van der Waals surface area contributed by atoms with Gasteiger partial charge in [-0.15, -0.1) is 0 Å². The maximum absolute atomic E-state index is 12.8. The van der Waals surface area contributed by atoms with Crippen LogP contribution in [0.15, 0.2) is 33.9 Å². The molecule has 0 bridgehead atoms. The molecular weight excluding hydrogens is 448 g/mol. The Morgan fingerprint density at radius 3 is 2.47 bits per heavy atom. The predicted octanol–water partition coefficient (Wildman–Crippen LogP) is 0.811. The molecule has 12 heteroatoms. The summed E-state index contributed by atoms with van der Waals surface area (Å²) < 4.78 is 12.4. The van der Waals surface area contributed by atoms with E-state index in [0.29, 0.717) is 37.5 Å². The number of hydrogen-bond donors (Lipinski definition) is 1. The topological polar surface area (TPSA) is 146 Å². The smallest absolute Gasteiger partial charge is 0.357 e. The second-order valence-electron chi connectivity index (χ2n) is 7.68. The summed E-state index contributed by atoms with van der Waals surface area (Å²) in [5, 5.41) is 20.4. The molecule has 1 fully saturated rings. The first-order valence-electron chi connectivity index (χ1n) is 10.7. The first-order chi connectivity index (χ1) is 16.3. The highest BCUT2D eigenvalue weighted by atomic mass is 16.6. The summed E-state index contributed by atoms with van der Waals surface area (Å²) in [5.74, 6) is -0.757. The molecule has 1 aromatic heterocycles. The van der Waals surface area contributed by atoms with Gasteiger partial charge in [-0.2, -0.15) is 0 Å². The summed E-state index contributed by atoms with van der Waals surface area (Å²) >= 11 is 0. The second-order valence-corrected chi connectivity index (χ2v) is 7.68. The van der Waals surface area contributed by atoms with Crippen molar-refractivity contribution in [1.29, 1.82) is 0 Å². The van der Waals surface area contributed by atoms with Gasteiger partial charge < -0.3 is 14.6 Å². The fourth-order valence-electron chi connectivity index (χ4n) is 3.60. The highest BCUT2D eigenvalue weighted by Gasteiger charge is 2.25. The molecule has 0 radical (unpaired) electrons. The van der Waals surface area contributed by atoms with Crippen LogP contribution >= 0.6 is 0 Å². The molecule has 1 aromatic carbocycles. The molecule has 0 unspecified atom stereocenters. The Kier molecular flexibility index (Phi) is 8.33. The van der Waals surface area contributed by atoms with Crippen molar-refractivity contribution >= 4 is 23.8 Å². The first-order valence-corrected chi connectivity index (χ1v) is 10.7. The molecule has 34 heavy (non-hydrogen) atoms. The number of hydrogen-bond acceptors (Lipinski definition) is 8. The SMILES string of the molecule is Cn1c(=O)c([N+](=O)[O-])c(C=Cc2ccc(OCC(=O)O)cc2)n(CCCN2CCOCC2)c1=O. The highest BCUT2D eigenvalue weighted by Crippen LogP contribution is 2.18. The molecule has 0 saturated carbocycles. The molecule has 12 nitrogen and oxygen atoms in total. The zero-order chi connectivity index (χ0) is 24.7. The number of carboxylic acid groups (broad SMARTS) is 1. The summed E-state index contributed by atoms with van der Waals surface area (Å²) in [4.78, 5) is 49.1. The molecule has 182 valence electrons. The van der Waals surface area contributed by atoms with Crippen molar-refractivity contribution in [1.82, 2.24) is 14.0 Å². The van der Waals surface area contributed by atoms with E-state index < -0.39 is 34.4 Å². The van der Waals surface area contributed by atoms with E-state index in [1.807, 2.05) is 0 Å². The summed E-state index contributed by atoms with van der Waals surface area (Å²) in [6, 6.07) is 6.36. The van der Waals surface area contributed by atoms with Crippen LogP contribution in [0.2, 0.25) is 0 Å². The number of aromatic nitrogens is 2. The lowest BCUT2D eigenvalue weighted by Gasteiger charge is -2.26. The van der Waals surface area contributed by atoms with Gasteiger partial charge in [0.1, 0.15) is 11.4 Å². The lowest BCUT2D eigenvalue weighted by Crippen LogP contribution is -2.41. The molecule has 1 saturated heterocycles. The Morgan fingerprint density at radius 2 is 1.85 bits per heavy atom. The maximum Gasteiger partial charge on any atom is 0.357 e. The number of rotatable bonds is 10. The van der Waals surface area contributed by atoms with Gasteiger partial charge in [-0.1, -0.05) is 18.2 Å². The minimum atomic E-state index is -1.10. The lowest BCUT2D eigenvalue weighted by molar-refractivity contribution is -0.387. The zero-order valence-electron chi connectivity index (χ0n) is 18.7. The highest BCUT2D eigenvalue weighted by molar-refractivity contribution is 5.72.